The molecule has 0 saturated heterocycles. The van der Waals surface area contributed by atoms with Crippen molar-refractivity contribution >= 4 is 33.5 Å². The first kappa shape index (κ1) is 21.8. The van der Waals surface area contributed by atoms with Gasteiger partial charge in [0.2, 0.25) is 0 Å². The van der Waals surface area contributed by atoms with Gasteiger partial charge in [-0.05, 0) is 61.1 Å². The van der Waals surface area contributed by atoms with Crippen LogP contribution in [0.3, 0.4) is 0 Å². The molecule has 0 amide bonds. The number of allylic oxidation sites excluding steroid dienone is 1. The average molecular weight is 498 g/mol. The Morgan fingerprint density at radius 2 is 1.90 bits per heavy atom. The van der Waals surface area contributed by atoms with Crippen LogP contribution in [0.15, 0.2) is 64.7 Å². The molecule has 1 aromatic heterocycles. The number of Topliss-reactive ketones (excluding diaryl/α,β-unsaturated/α-hetero) is 1. The third kappa shape index (κ3) is 5.46. The molecule has 0 radical (unpaired) electrons. The number of ether oxygens (including phenoxy) is 1. The number of thioether (sulfide) groups is 1. The van der Waals surface area contributed by atoms with Gasteiger partial charge in [0.15, 0.2) is 16.8 Å². The molecular weight excluding hydrogens is 474 g/mol. The summed E-state index contributed by atoms with van der Waals surface area (Å²) in [5, 5.41) is 9.28. The number of hydrogen-bond donors (Lipinski definition) is 0. The van der Waals surface area contributed by atoms with Crippen molar-refractivity contribution in [1.29, 1.82) is 0 Å². The van der Waals surface area contributed by atoms with Crippen molar-refractivity contribution in [1.82, 2.24) is 14.8 Å². The van der Waals surface area contributed by atoms with Crippen LogP contribution in [-0.2, 0) is 26.0 Å². The predicted octanol–water partition coefficient (Wildman–Crippen LogP) is 5.66. The molecule has 2 aromatic carbocycles. The standard InChI is InChI=1S/C24H24BrN3O2S/c1-2-13-28-23(15-30-21-12-9-17-5-3-4-6-19(17)14-21)26-27-24(28)31-16-22(29)18-7-10-20(25)11-8-18/h2,7-12,14H,1,3-6,13,15-16H2. The second-order valence-electron chi connectivity index (χ2n) is 7.44. The van der Waals surface area contributed by atoms with E-state index >= 15 is 0 Å². The van der Waals surface area contributed by atoms with E-state index in [0.717, 1.165) is 28.9 Å². The van der Waals surface area contributed by atoms with Gasteiger partial charge in [0.1, 0.15) is 12.4 Å². The van der Waals surface area contributed by atoms with Crippen LogP contribution in [0.2, 0.25) is 0 Å². The Morgan fingerprint density at radius 3 is 2.68 bits per heavy atom. The summed E-state index contributed by atoms with van der Waals surface area (Å²) in [4.78, 5) is 12.5. The van der Waals surface area contributed by atoms with Gasteiger partial charge in [0.25, 0.3) is 0 Å². The molecule has 0 fully saturated rings. The van der Waals surface area contributed by atoms with Crippen molar-refractivity contribution in [2.75, 3.05) is 5.75 Å². The summed E-state index contributed by atoms with van der Waals surface area (Å²) >= 11 is 4.77. The summed E-state index contributed by atoms with van der Waals surface area (Å²) in [6.07, 6.45) is 6.58. The van der Waals surface area contributed by atoms with Gasteiger partial charge in [-0.1, -0.05) is 52.0 Å². The van der Waals surface area contributed by atoms with Crippen LogP contribution in [0, 0.1) is 0 Å². The Bertz CT molecular complexity index is 1080. The zero-order valence-electron chi connectivity index (χ0n) is 17.2. The van der Waals surface area contributed by atoms with E-state index in [1.165, 1.54) is 35.7 Å². The van der Waals surface area contributed by atoms with Gasteiger partial charge >= 0.3 is 0 Å². The minimum absolute atomic E-state index is 0.0533. The minimum Gasteiger partial charge on any atom is -0.486 e. The molecule has 160 valence electrons. The van der Waals surface area contributed by atoms with E-state index < -0.39 is 0 Å². The predicted molar refractivity (Wildman–Crippen MR) is 127 cm³/mol. The van der Waals surface area contributed by atoms with Gasteiger partial charge in [0, 0.05) is 16.6 Å². The first-order valence-corrected chi connectivity index (χ1v) is 12.1. The van der Waals surface area contributed by atoms with Crippen molar-refractivity contribution in [3.8, 4) is 5.75 Å². The molecule has 4 rings (SSSR count). The van der Waals surface area contributed by atoms with Crippen LogP contribution in [0.5, 0.6) is 5.75 Å². The maximum Gasteiger partial charge on any atom is 0.192 e. The first-order valence-electron chi connectivity index (χ1n) is 10.3. The molecule has 5 nitrogen and oxygen atoms in total. The van der Waals surface area contributed by atoms with Crippen LogP contribution >= 0.6 is 27.7 Å². The van der Waals surface area contributed by atoms with Gasteiger partial charge in [-0.3, -0.25) is 9.36 Å². The number of carbonyl (C=O) groups excluding carboxylic acids is 1. The molecule has 1 heterocycles. The molecule has 0 aliphatic heterocycles. The number of ketones is 1. The molecular formula is C24H24BrN3O2S. The fourth-order valence-corrected chi connectivity index (χ4v) is 4.77. The highest BCUT2D eigenvalue weighted by Crippen LogP contribution is 2.26. The average Bonchev–Trinajstić information content (AvgIpc) is 3.18. The molecule has 0 bridgehead atoms. The Morgan fingerprint density at radius 1 is 1.13 bits per heavy atom. The zero-order chi connectivity index (χ0) is 21.6. The molecule has 0 saturated carbocycles. The largest absolute Gasteiger partial charge is 0.486 e. The van der Waals surface area contributed by atoms with E-state index in [2.05, 4.69) is 44.8 Å². The normalized spacial score (nSPS) is 12.9. The minimum atomic E-state index is 0.0533. The molecule has 0 unspecified atom stereocenters. The summed E-state index contributed by atoms with van der Waals surface area (Å²) < 4.78 is 8.93. The molecule has 0 atom stereocenters. The number of aromatic nitrogens is 3. The number of halogens is 1. The number of benzene rings is 2. The molecule has 7 heteroatoms. The highest BCUT2D eigenvalue weighted by Gasteiger charge is 2.16. The second-order valence-corrected chi connectivity index (χ2v) is 9.30. The number of aryl methyl sites for hydroxylation is 2. The summed E-state index contributed by atoms with van der Waals surface area (Å²) in [6.45, 7) is 4.72. The maximum absolute atomic E-state index is 12.5. The van der Waals surface area contributed by atoms with Crippen LogP contribution in [0.1, 0.15) is 40.2 Å². The first-order chi connectivity index (χ1) is 15.1. The van der Waals surface area contributed by atoms with E-state index in [0.29, 0.717) is 29.6 Å². The highest BCUT2D eigenvalue weighted by atomic mass is 79.9. The van der Waals surface area contributed by atoms with Crippen molar-refractivity contribution in [3.05, 3.63) is 82.1 Å². The van der Waals surface area contributed by atoms with Crippen LogP contribution in [0.4, 0.5) is 0 Å². The van der Waals surface area contributed by atoms with E-state index in [1.54, 1.807) is 6.08 Å². The SMILES string of the molecule is C=CCn1c(COc2ccc3c(c2)CCCC3)nnc1SCC(=O)c1ccc(Br)cc1. The van der Waals surface area contributed by atoms with E-state index in [4.69, 9.17) is 4.74 Å². The van der Waals surface area contributed by atoms with Gasteiger partial charge in [0.05, 0.1) is 5.75 Å². The molecule has 0 spiro atoms. The monoisotopic (exact) mass is 497 g/mol. The third-order valence-electron chi connectivity index (χ3n) is 5.29. The van der Waals surface area contributed by atoms with Crippen molar-refractivity contribution in [3.63, 3.8) is 0 Å². The van der Waals surface area contributed by atoms with E-state index in [9.17, 15) is 4.79 Å². The quantitative estimate of drug-likeness (QED) is 0.217. The Balaban J connectivity index is 1.41. The Hall–Kier alpha value is -2.38. The lowest BCUT2D eigenvalue weighted by Crippen LogP contribution is -2.09. The van der Waals surface area contributed by atoms with E-state index in [1.807, 2.05) is 34.9 Å². The zero-order valence-corrected chi connectivity index (χ0v) is 19.6. The smallest absolute Gasteiger partial charge is 0.192 e. The number of nitrogens with zero attached hydrogens (tertiary/aromatic N) is 3. The molecule has 31 heavy (non-hydrogen) atoms. The summed E-state index contributed by atoms with van der Waals surface area (Å²) in [5.41, 5.74) is 3.50. The topological polar surface area (TPSA) is 57.0 Å². The van der Waals surface area contributed by atoms with Crippen LogP contribution < -0.4 is 4.74 Å². The Kier molecular flexibility index (Phi) is 7.25. The van der Waals surface area contributed by atoms with Crippen molar-refractivity contribution < 1.29 is 9.53 Å². The fraction of sp³-hybridized carbons (Fsp3) is 0.292. The van der Waals surface area contributed by atoms with Gasteiger partial charge in [-0.25, -0.2) is 0 Å². The second kappa shape index (κ2) is 10.3. The summed E-state index contributed by atoms with van der Waals surface area (Å²) in [6, 6.07) is 13.7. The third-order valence-corrected chi connectivity index (χ3v) is 6.79. The summed E-state index contributed by atoms with van der Waals surface area (Å²) in [5.74, 6) is 1.92. The van der Waals surface area contributed by atoms with Crippen LogP contribution in [-0.4, -0.2) is 26.3 Å². The molecule has 3 aromatic rings. The number of rotatable bonds is 9. The van der Waals surface area contributed by atoms with Crippen molar-refractivity contribution in [2.45, 2.75) is 44.0 Å². The highest BCUT2D eigenvalue weighted by molar-refractivity contribution is 9.10. The number of fused-ring (bicyclic) bond motifs is 1. The lowest BCUT2D eigenvalue weighted by molar-refractivity contribution is 0.102. The number of hydrogen-bond acceptors (Lipinski definition) is 5. The lowest BCUT2D eigenvalue weighted by atomic mass is 9.92. The maximum atomic E-state index is 12.5. The Labute approximate surface area is 195 Å². The lowest BCUT2D eigenvalue weighted by Gasteiger charge is -2.16. The molecule has 0 N–H and O–H groups in total. The molecule has 1 aliphatic rings. The number of carbonyl (C=O) groups is 1. The van der Waals surface area contributed by atoms with Crippen LogP contribution in [0.25, 0.3) is 0 Å². The van der Waals surface area contributed by atoms with E-state index in [-0.39, 0.29) is 5.78 Å². The van der Waals surface area contributed by atoms with Gasteiger partial charge < -0.3 is 4.74 Å². The van der Waals surface area contributed by atoms with Gasteiger partial charge in [-0.15, -0.1) is 16.8 Å². The van der Waals surface area contributed by atoms with Gasteiger partial charge in [-0.2, -0.15) is 0 Å². The summed E-state index contributed by atoms with van der Waals surface area (Å²) in [7, 11) is 0. The fourth-order valence-electron chi connectivity index (χ4n) is 3.64. The van der Waals surface area contributed by atoms with Crippen molar-refractivity contribution in [2.24, 2.45) is 0 Å². The molecule has 1 aliphatic carbocycles.